The van der Waals surface area contributed by atoms with E-state index in [1.165, 1.54) is 0 Å². The lowest BCUT2D eigenvalue weighted by atomic mass is 10.1. The van der Waals surface area contributed by atoms with Gasteiger partial charge in [0.1, 0.15) is 0 Å². The number of piperidine rings is 1. The summed E-state index contributed by atoms with van der Waals surface area (Å²) in [5.41, 5.74) is 5.92. The molecule has 2 rings (SSSR count). The maximum Gasteiger partial charge on any atom is 0.223 e. The first kappa shape index (κ1) is 14.8. The number of likely N-dealkylation sites (tertiary alicyclic amines) is 1. The molecule has 1 unspecified atom stereocenters. The van der Waals surface area contributed by atoms with Crippen LogP contribution < -0.4 is 5.73 Å². The molecule has 0 radical (unpaired) electrons. The maximum absolute atomic E-state index is 12.1. The maximum atomic E-state index is 12.1. The third-order valence-corrected chi connectivity index (χ3v) is 4.36. The van der Waals surface area contributed by atoms with Crippen molar-refractivity contribution in [3.05, 3.63) is 0 Å². The minimum atomic E-state index is 0.186. The lowest BCUT2D eigenvalue weighted by Crippen LogP contribution is -2.48. The molecule has 2 heterocycles. The number of rotatable bonds is 4. The molecule has 2 N–H and O–H groups in total. The average Bonchev–Trinajstić information content (AvgIpc) is 2.45. The lowest BCUT2D eigenvalue weighted by molar-refractivity contribution is -0.132. The van der Waals surface area contributed by atoms with E-state index >= 15 is 0 Å². The number of nitrogens with two attached hydrogens (primary N) is 1. The molecule has 0 saturated carbocycles. The van der Waals surface area contributed by atoms with Crippen molar-refractivity contribution in [3.63, 3.8) is 0 Å². The average molecular weight is 268 g/mol. The zero-order valence-electron chi connectivity index (χ0n) is 12.2. The van der Waals surface area contributed by atoms with Crippen LogP contribution in [0.1, 0.15) is 26.2 Å². The van der Waals surface area contributed by atoms with Gasteiger partial charge in [-0.05, 0) is 19.4 Å². The van der Waals surface area contributed by atoms with E-state index in [4.69, 9.17) is 5.73 Å². The van der Waals surface area contributed by atoms with Gasteiger partial charge in [0.15, 0.2) is 0 Å². The Hall–Kier alpha value is -0.650. The highest BCUT2D eigenvalue weighted by molar-refractivity contribution is 5.76. The van der Waals surface area contributed by atoms with Gasteiger partial charge < -0.3 is 20.4 Å². The molecule has 0 bridgehead atoms. The van der Waals surface area contributed by atoms with Crippen molar-refractivity contribution in [2.75, 3.05) is 52.4 Å². The van der Waals surface area contributed by atoms with Crippen LogP contribution >= 0.6 is 0 Å². The minimum Gasteiger partial charge on any atom is -0.341 e. The topological polar surface area (TPSA) is 52.8 Å². The molecule has 2 aliphatic heterocycles. The predicted octanol–water partition coefficient (Wildman–Crippen LogP) is -0.0363. The van der Waals surface area contributed by atoms with Crippen molar-refractivity contribution < 1.29 is 4.79 Å². The summed E-state index contributed by atoms with van der Waals surface area (Å²) in [7, 11) is 0. The van der Waals surface area contributed by atoms with E-state index < -0.39 is 0 Å². The number of hydrogen-bond acceptors (Lipinski definition) is 4. The van der Waals surface area contributed by atoms with Crippen LogP contribution in [-0.4, -0.2) is 79.0 Å². The van der Waals surface area contributed by atoms with Gasteiger partial charge in [-0.25, -0.2) is 0 Å². The molecule has 2 fully saturated rings. The van der Waals surface area contributed by atoms with Gasteiger partial charge >= 0.3 is 0 Å². The second kappa shape index (κ2) is 7.22. The fourth-order valence-corrected chi connectivity index (χ4v) is 2.98. The van der Waals surface area contributed by atoms with Crippen molar-refractivity contribution in [2.45, 2.75) is 32.2 Å². The number of piperazine rings is 1. The Bertz CT molecular complexity index is 289. The molecule has 19 heavy (non-hydrogen) atoms. The van der Waals surface area contributed by atoms with Crippen LogP contribution in [0.5, 0.6) is 0 Å². The number of nitrogens with zero attached hydrogens (tertiary/aromatic N) is 3. The molecule has 5 heteroatoms. The highest BCUT2D eigenvalue weighted by atomic mass is 16.2. The summed E-state index contributed by atoms with van der Waals surface area (Å²) in [5, 5.41) is 0. The monoisotopic (exact) mass is 268 g/mol. The summed E-state index contributed by atoms with van der Waals surface area (Å²) in [4.78, 5) is 19.0. The first-order valence-corrected chi connectivity index (χ1v) is 7.67. The third kappa shape index (κ3) is 4.44. The Kier molecular flexibility index (Phi) is 5.60. The summed E-state index contributed by atoms with van der Waals surface area (Å²) >= 11 is 0. The molecule has 0 aromatic heterocycles. The zero-order valence-corrected chi connectivity index (χ0v) is 12.2. The summed E-state index contributed by atoms with van der Waals surface area (Å²) in [5.74, 6) is 0.285. The van der Waals surface area contributed by atoms with Crippen molar-refractivity contribution in [1.82, 2.24) is 14.7 Å². The molecule has 1 atom stereocenters. The second-order valence-electron chi connectivity index (χ2n) is 5.77. The van der Waals surface area contributed by atoms with E-state index in [-0.39, 0.29) is 11.9 Å². The molecule has 0 aromatic carbocycles. The molecule has 110 valence electrons. The SMILES string of the molecule is CCN1CCN(CCC(=O)N2CCCC(N)C2)CC1. The van der Waals surface area contributed by atoms with Gasteiger partial charge in [-0.15, -0.1) is 0 Å². The first-order valence-electron chi connectivity index (χ1n) is 7.67. The molecular weight excluding hydrogens is 240 g/mol. The molecule has 0 spiro atoms. The Balaban J connectivity index is 1.66. The van der Waals surface area contributed by atoms with Crippen molar-refractivity contribution in [1.29, 1.82) is 0 Å². The molecule has 0 aromatic rings. The van der Waals surface area contributed by atoms with Crippen LogP contribution in [0, 0.1) is 0 Å². The number of likely N-dealkylation sites (N-methyl/N-ethyl adjacent to an activating group) is 1. The molecular formula is C14H28N4O. The van der Waals surface area contributed by atoms with E-state index in [2.05, 4.69) is 16.7 Å². The van der Waals surface area contributed by atoms with E-state index in [1.54, 1.807) is 0 Å². The number of carbonyl (C=O) groups is 1. The van der Waals surface area contributed by atoms with Crippen molar-refractivity contribution >= 4 is 5.91 Å². The molecule has 0 aliphatic carbocycles. The highest BCUT2D eigenvalue weighted by Gasteiger charge is 2.22. The van der Waals surface area contributed by atoms with Gasteiger partial charge in [0.25, 0.3) is 0 Å². The van der Waals surface area contributed by atoms with Gasteiger partial charge in [0.05, 0.1) is 0 Å². The summed E-state index contributed by atoms with van der Waals surface area (Å²) in [6.45, 7) is 10.4. The summed E-state index contributed by atoms with van der Waals surface area (Å²) in [6.07, 6.45) is 2.77. The highest BCUT2D eigenvalue weighted by Crippen LogP contribution is 2.10. The van der Waals surface area contributed by atoms with Crippen LogP contribution in [0.3, 0.4) is 0 Å². The largest absolute Gasteiger partial charge is 0.341 e. The normalized spacial score (nSPS) is 26.6. The second-order valence-corrected chi connectivity index (χ2v) is 5.77. The summed E-state index contributed by atoms with van der Waals surface area (Å²) < 4.78 is 0. The van der Waals surface area contributed by atoms with E-state index in [9.17, 15) is 4.79 Å². The van der Waals surface area contributed by atoms with Crippen molar-refractivity contribution in [2.24, 2.45) is 5.73 Å². The quantitative estimate of drug-likeness (QED) is 0.777. The number of carbonyl (C=O) groups excluding carboxylic acids is 1. The first-order chi connectivity index (χ1) is 9.19. The van der Waals surface area contributed by atoms with Crippen LogP contribution in [-0.2, 0) is 4.79 Å². The van der Waals surface area contributed by atoms with Crippen molar-refractivity contribution in [3.8, 4) is 0 Å². The predicted molar refractivity (Wildman–Crippen MR) is 77.0 cm³/mol. The Morgan fingerprint density at radius 3 is 2.47 bits per heavy atom. The van der Waals surface area contributed by atoms with E-state index in [0.717, 1.165) is 65.2 Å². The van der Waals surface area contributed by atoms with Gasteiger partial charge in [-0.3, -0.25) is 4.79 Å². The Morgan fingerprint density at radius 2 is 1.84 bits per heavy atom. The van der Waals surface area contributed by atoms with E-state index in [0.29, 0.717) is 6.42 Å². The van der Waals surface area contributed by atoms with Crippen LogP contribution in [0.4, 0.5) is 0 Å². The molecule has 2 saturated heterocycles. The van der Waals surface area contributed by atoms with E-state index in [1.807, 2.05) is 4.90 Å². The third-order valence-electron chi connectivity index (χ3n) is 4.36. The molecule has 2 aliphatic rings. The lowest BCUT2D eigenvalue weighted by Gasteiger charge is -2.35. The molecule has 1 amide bonds. The fourth-order valence-electron chi connectivity index (χ4n) is 2.98. The van der Waals surface area contributed by atoms with Gasteiger partial charge in [0.2, 0.25) is 5.91 Å². The number of hydrogen-bond donors (Lipinski definition) is 1. The van der Waals surface area contributed by atoms with Crippen LogP contribution in [0.15, 0.2) is 0 Å². The minimum absolute atomic E-state index is 0.186. The Labute approximate surface area is 116 Å². The molecule has 5 nitrogen and oxygen atoms in total. The van der Waals surface area contributed by atoms with Gasteiger partial charge in [-0.2, -0.15) is 0 Å². The smallest absolute Gasteiger partial charge is 0.223 e. The summed E-state index contributed by atoms with van der Waals surface area (Å²) in [6, 6.07) is 0.186. The Morgan fingerprint density at radius 1 is 1.16 bits per heavy atom. The van der Waals surface area contributed by atoms with Crippen LogP contribution in [0.25, 0.3) is 0 Å². The van der Waals surface area contributed by atoms with Crippen LogP contribution in [0.2, 0.25) is 0 Å². The standard InChI is InChI=1S/C14H28N4O/c1-2-16-8-10-17(11-9-16)7-5-14(19)18-6-3-4-13(15)12-18/h13H,2-12,15H2,1H3. The fraction of sp³-hybridized carbons (Fsp3) is 0.929. The zero-order chi connectivity index (χ0) is 13.7. The number of amides is 1. The van der Waals surface area contributed by atoms with Gasteiger partial charge in [0, 0.05) is 58.3 Å². The van der Waals surface area contributed by atoms with Gasteiger partial charge in [-0.1, -0.05) is 6.92 Å².